The highest BCUT2D eigenvalue weighted by Crippen LogP contribution is 2.27. The number of rotatable bonds is 5. The molecular weight excluding hydrogens is 356 g/mol. The van der Waals surface area contributed by atoms with E-state index in [1.54, 1.807) is 31.3 Å². The number of carbonyl (C=O) groups is 2. The number of H-pyrrole nitrogens is 1. The average molecular weight is 374 g/mol. The second kappa shape index (κ2) is 7.52. The first-order valence-corrected chi connectivity index (χ1v) is 8.95. The molecule has 28 heavy (non-hydrogen) atoms. The van der Waals surface area contributed by atoms with Gasteiger partial charge in [0.1, 0.15) is 12.3 Å². The quantitative estimate of drug-likeness (QED) is 0.528. The van der Waals surface area contributed by atoms with Crippen LogP contribution in [0.15, 0.2) is 60.8 Å². The van der Waals surface area contributed by atoms with Crippen LogP contribution in [0.1, 0.15) is 33.3 Å². The molecule has 0 aliphatic carbocycles. The normalized spacial score (nSPS) is 10.9. The number of nitrogens with one attached hydrogen (secondary N) is 1. The second-order valence-corrected chi connectivity index (χ2v) is 6.28. The molecule has 1 N–H and O–H groups in total. The first-order chi connectivity index (χ1) is 13.7. The number of fused-ring (bicyclic) bond motifs is 3. The third-order valence-electron chi connectivity index (χ3n) is 4.42. The summed E-state index contributed by atoms with van der Waals surface area (Å²) >= 11 is 0. The van der Waals surface area contributed by atoms with E-state index < -0.39 is 11.9 Å². The molecule has 0 radical (unpaired) electrons. The molecule has 0 unspecified atom stereocenters. The van der Waals surface area contributed by atoms with Crippen molar-refractivity contribution in [2.75, 3.05) is 6.61 Å². The van der Waals surface area contributed by atoms with E-state index in [1.807, 2.05) is 36.4 Å². The van der Waals surface area contributed by atoms with Gasteiger partial charge in [-0.05, 0) is 36.8 Å². The minimum atomic E-state index is -0.475. The number of pyridine rings is 1. The van der Waals surface area contributed by atoms with Crippen LogP contribution in [0.25, 0.3) is 21.8 Å². The molecule has 0 spiro atoms. The van der Waals surface area contributed by atoms with E-state index in [0.717, 1.165) is 27.4 Å². The lowest BCUT2D eigenvalue weighted by Crippen LogP contribution is -2.06. The van der Waals surface area contributed by atoms with Crippen LogP contribution in [-0.4, -0.2) is 28.5 Å². The summed E-state index contributed by atoms with van der Waals surface area (Å²) in [5, 5.41) is 1.61. The molecule has 0 bridgehead atoms. The first-order valence-electron chi connectivity index (χ1n) is 8.95. The number of aromatic amines is 1. The number of benzene rings is 2. The smallest absolute Gasteiger partial charge is 0.356 e. The highest BCUT2D eigenvalue weighted by molar-refractivity contribution is 6.10. The van der Waals surface area contributed by atoms with E-state index >= 15 is 0 Å². The maximum Gasteiger partial charge on any atom is 0.356 e. The predicted octanol–water partition coefficient (Wildman–Crippen LogP) is 4.25. The zero-order valence-corrected chi connectivity index (χ0v) is 15.3. The highest BCUT2D eigenvalue weighted by Gasteiger charge is 2.14. The summed E-state index contributed by atoms with van der Waals surface area (Å²) in [6.07, 6.45) is 1.59. The maximum absolute atomic E-state index is 12.5. The minimum absolute atomic E-state index is 0.211. The van der Waals surface area contributed by atoms with Gasteiger partial charge in [-0.25, -0.2) is 14.6 Å². The van der Waals surface area contributed by atoms with Crippen molar-refractivity contribution in [2.45, 2.75) is 13.5 Å². The molecule has 4 rings (SSSR count). The highest BCUT2D eigenvalue weighted by atomic mass is 16.5. The van der Waals surface area contributed by atoms with Gasteiger partial charge in [0.15, 0.2) is 0 Å². The van der Waals surface area contributed by atoms with Crippen molar-refractivity contribution in [1.29, 1.82) is 0 Å². The van der Waals surface area contributed by atoms with E-state index in [9.17, 15) is 9.59 Å². The van der Waals surface area contributed by atoms with Gasteiger partial charge in [0, 0.05) is 16.3 Å². The number of hydrogen-bond acceptors (Lipinski definition) is 5. The third-order valence-corrected chi connectivity index (χ3v) is 4.42. The van der Waals surface area contributed by atoms with E-state index in [-0.39, 0.29) is 18.9 Å². The van der Waals surface area contributed by atoms with Crippen molar-refractivity contribution in [3.63, 3.8) is 0 Å². The Morgan fingerprint density at radius 1 is 0.929 bits per heavy atom. The van der Waals surface area contributed by atoms with Crippen LogP contribution in [0.3, 0.4) is 0 Å². The molecule has 0 atom stereocenters. The molecule has 0 amide bonds. The molecule has 2 heterocycles. The molecule has 6 nitrogen and oxygen atoms in total. The van der Waals surface area contributed by atoms with E-state index in [1.165, 1.54) is 0 Å². The van der Waals surface area contributed by atoms with Crippen molar-refractivity contribution in [2.24, 2.45) is 0 Å². The van der Waals surface area contributed by atoms with E-state index in [4.69, 9.17) is 9.47 Å². The van der Waals surface area contributed by atoms with Gasteiger partial charge in [-0.3, -0.25) is 0 Å². The van der Waals surface area contributed by atoms with Crippen LogP contribution in [0, 0.1) is 0 Å². The Kier molecular flexibility index (Phi) is 4.76. The Labute approximate surface area is 161 Å². The number of carbonyl (C=O) groups excluding carboxylic acids is 2. The summed E-state index contributed by atoms with van der Waals surface area (Å²) in [5.41, 5.74) is 3.22. The molecule has 0 aliphatic rings. The summed E-state index contributed by atoms with van der Waals surface area (Å²) < 4.78 is 10.4. The Balaban J connectivity index is 1.65. The third kappa shape index (κ3) is 3.44. The van der Waals surface area contributed by atoms with Gasteiger partial charge in [-0.15, -0.1) is 0 Å². The van der Waals surface area contributed by atoms with Crippen molar-refractivity contribution in [1.82, 2.24) is 9.97 Å². The SMILES string of the molecule is CCOC(=O)c1cc2c(cn1)[nH]c1ccc(C(=O)OCc3ccccc3)cc12. The lowest BCUT2D eigenvalue weighted by molar-refractivity contribution is 0.0471. The Morgan fingerprint density at radius 3 is 2.50 bits per heavy atom. The number of aromatic nitrogens is 2. The molecule has 2 aromatic carbocycles. The number of nitrogens with zero attached hydrogens (tertiary/aromatic N) is 1. The maximum atomic E-state index is 12.5. The summed E-state index contributed by atoms with van der Waals surface area (Å²) in [6.45, 7) is 2.24. The van der Waals surface area contributed by atoms with Gasteiger partial charge in [0.2, 0.25) is 0 Å². The largest absolute Gasteiger partial charge is 0.461 e. The fraction of sp³-hybridized carbons (Fsp3) is 0.136. The molecule has 0 saturated carbocycles. The minimum Gasteiger partial charge on any atom is -0.461 e. The van der Waals surface area contributed by atoms with Gasteiger partial charge in [0.25, 0.3) is 0 Å². The molecule has 0 aliphatic heterocycles. The molecule has 140 valence electrons. The summed E-state index contributed by atoms with van der Waals surface area (Å²) in [6, 6.07) is 16.5. The topological polar surface area (TPSA) is 81.3 Å². The first kappa shape index (κ1) is 17.7. The Bertz CT molecular complexity index is 1170. The van der Waals surface area contributed by atoms with Gasteiger partial charge >= 0.3 is 11.9 Å². The fourth-order valence-corrected chi connectivity index (χ4v) is 3.05. The predicted molar refractivity (Wildman–Crippen MR) is 105 cm³/mol. The lowest BCUT2D eigenvalue weighted by Gasteiger charge is -2.05. The van der Waals surface area contributed by atoms with Crippen LogP contribution in [0.4, 0.5) is 0 Å². The van der Waals surface area contributed by atoms with Crippen LogP contribution < -0.4 is 0 Å². The molecule has 6 heteroatoms. The monoisotopic (exact) mass is 374 g/mol. The van der Waals surface area contributed by atoms with E-state index in [0.29, 0.717) is 5.56 Å². The van der Waals surface area contributed by atoms with Crippen molar-refractivity contribution < 1.29 is 19.1 Å². The number of esters is 2. The zero-order chi connectivity index (χ0) is 19.5. The van der Waals surface area contributed by atoms with E-state index in [2.05, 4.69) is 9.97 Å². The number of hydrogen-bond donors (Lipinski definition) is 1. The lowest BCUT2D eigenvalue weighted by atomic mass is 10.1. The van der Waals surface area contributed by atoms with Crippen molar-refractivity contribution >= 4 is 33.7 Å². The fourth-order valence-electron chi connectivity index (χ4n) is 3.05. The molecular formula is C22H18N2O4. The molecule has 0 fully saturated rings. The number of ether oxygens (including phenoxy) is 2. The van der Waals surface area contributed by atoms with Crippen LogP contribution in [0.5, 0.6) is 0 Å². The molecule has 2 aromatic heterocycles. The summed E-state index contributed by atoms with van der Waals surface area (Å²) in [4.78, 5) is 31.8. The standard InChI is InChI=1S/C22H18N2O4/c1-2-27-22(26)19-11-17-16-10-15(8-9-18(16)24-20(17)12-23-19)21(25)28-13-14-6-4-3-5-7-14/h3-12,24H,2,13H2,1H3. The van der Waals surface area contributed by atoms with Gasteiger partial charge in [0.05, 0.1) is 23.9 Å². The zero-order valence-electron chi connectivity index (χ0n) is 15.3. The molecule has 0 saturated heterocycles. The van der Waals surface area contributed by atoms with Gasteiger partial charge < -0.3 is 14.5 Å². The summed E-state index contributed by atoms with van der Waals surface area (Å²) in [5.74, 6) is -0.878. The Hall–Kier alpha value is -3.67. The van der Waals surface area contributed by atoms with Crippen LogP contribution >= 0.6 is 0 Å². The van der Waals surface area contributed by atoms with Crippen LogP contribution in [-0.2, 0) is 16.1 Å². The average Bonchev–Trinajstić information content (AvgIpc) is 3.10. The van der Waals surface area contributed by atoms with Gasteiger partial charge in [-0.1, -0.05) is 30.3 Å². The van der Waals surface area contributed by atoms with Crippen molar-refractivity contribution in [3.8, 4) is 0 Å². The second-order valence-electron chi connectivity index (χ2n) is 6.28. The Morgan fingerprint density at radius 2 is 1.71 bits per heavy atom. The van der Waals surface area contributed by atoms with Crippen molar-refractivity contribution in [3.05, 3.63) is 77.6 Å². The summed E-state index contributed by atoms with van der Waals surface area (Å²) in [7, 11) is 0. The molecule has 4 aromatic rings. The van der Waals surface area contributed by atoms with Crippen LogP contribution in [0.2, 0.25) is 0 Å². The van der Waals surface area contributed by atoms with Gasteiger partial charge in [-0.2, -0.15) is 0 Å².